The quantitative estimate of drug-likeness (QED) is 0.669. The van der Waals surface area contributed by atoms with E-state index in [1.54, 1.807) is 0 Å². The van der Waals surface area contributed by atoms with E-state index < -0.39 is 10.1 Å². The molecular weight excluding hydrogens is 310 g/mol. The van der Waals surface area contributed by atoms with Crippen molar-refractivity contribution in [2.45, 2.75) is 33.1 Å². The van der Waals surface area contributed by atoms with E-state index in [0.29, 0.717) is 12.5 Å². The van der Waals surface area contributed by atoms with Crippen LogP contribution in [0.3, 0.4) is 0 Å². The Balaban J connectivity index is 1.78. The molecule has 0 radical (unpaired) electrons. The van der Waals surface area contributed by atoms with Gasteiger partial charge in [-0.1, -0.05) is 38.7 Å². The lowest BCUT2D eigenvalue weighted by Crippen LogP contribution is -2.35. The summed E-state index contributed by atoms with van der Waals surface area (Å²) in [5.41, 5.74) is 1.70. The Morgan fingerprint density at radius 2 is 2.04 bits per heavy atom. The summed E-state index contributed by atoms with van der Waals surface area (Å²) < 4.78 is 29.6. The van der Waals surface area contributed by atoms with Gasteiger partial charge in [-0.25, -0.2) is 0 Å². The molecule has 0 spiro atoms. The first-order chi connectivity index (χ1) is 10.9. The van der Waals surface area contributed by atoms with Crippen molar-refractivity contribution in [3.63, 3.8) is 0 Å². The van der Waals surface area contributed by atoms with Gasteiger partial charge in [-0.05, 0) is 61.9 Å². The van der Waals surface area contributed by atoms with Crippen LogP contribution in [0.5, 0.6) is 0 Å². The van der Waals surface area contributed by atoms with Gasteiger partial charge >= 0.3 is 0 Å². The lowest BCUT2D eigenvalue weighted by molar-refractivity contribution is 0.144. The molecule has 1 aliphatic heterocycles. The van der Waals surface area contributed by atoms with E-state index in [4.69, 9.17) is 4.18 Å². The van der Waals surface area contributed by atoms with Crippen LogP contribution >= 0.6 is 0 Å². The first kappa shape index (κ1) is 18.4. The van der Waals surface area contributed by atoms with Crippen molar-refractivity contribution in [1.29, 1.82) is 0 Å². The molecule has 0 aromatic carbocycles. The van der Waals surface area contributed by atoms with Crippen molar-refractivity contribution < 1.29 is 12.6 Å². The third kappa shape index (κ3) is 5.90. The smallest absolute Gasteiger partial charge is 0.271 e. The van der Waals surface area contributed by atoms with Crippen LogP contribution in [0, 0.1) is 11.8 Å². The Kier molecular flexibility index (Phi) is 6.62. The largest absolute Gasteiger partial charge is 0.303 e. The summed E-state index contributed by atoms with van der Waals surface area (Å²) in [7, 11) is -3.52. The number of nitrogens with zero attached hydrogens (tertiary/aromatic N) is 1. The molecule has 0 aromatic rings. The van der Waals surface area contributed by atoms with Gasteiger partial charge in [-0.2, -0.15) is 8.42 Å². The maximum atomic E-state index is 12.2. The van der Waals surface area contributed by atoms with Crippen molar-refractivity contribution in [3.8, 4) is 0 Å². The molecule has 0 aromatic heterocycles. The lowest BCUT2D eigenvalue weighted by atomic mass is 9.95. The van der Waals surface area contributed by atoms with Gasteiger partial charge in [0.2, 0.25) is 0 Å². The summed E-state index contributed by atoms with van der Waals surface area (Å²) in [5.74, 6) is 0.559. The normalized spacial score (nSPS) is 24.0. The van der Waals surface area contributed by atoms with E-state index in [1.165, 1.54) is 6.42 Å². The third-order valence-electron chi connectivity index (χ3n) is 4.63. The maximum absolute atomic E-state index is 12.2. The van der Waals surface area contributed by atoms with Crippen LogP contribution in [0.4, 0.5) is 0 Å². The molecule has 0 saturated carbocycles. The van der Waals surface area contributed by atoms with Crippen LogP contribution in [0.15, 0.2) is 36.0 Å². The number of likely N-dealkylation sites (tertiary alicyclic amines) is 1. The zero-order chi connectivity index (χ0) is 16.9. The SMILES string of the molecule is C=C1C=C(CS(=O)(=O)OCC2CCN(CCC)CC2)C=CC1C. The van der Waals surface area contributed by atoms with E-state index in [-0.39, 0.29) is 11.7 Å². The number of piperidine rings is 1. The predicted octanol–water partition coefficient (Wildman–Crippen LogP) is 3.14. The van der Waals surface area contributed by atoms with Crippen LogP contribution in [-0.4, -0.2) is 45.3 Å². The Hall–Kier alpha value is -0.910. The van der Waals surface area contributed by atoms with Crippen molar-refractivity contribution in [1.82, 2.24) is 4.90 Å². The van der Waals surface area contributed by atoms with E-state index in [1.807, 2.05) is 25.2 Å². The van der Waals surface area contributed by atoms with Crippen molar-refractivity contribution in [2.24, 2.45) is 11.8 Å². The minimum absolute atomic E-state index is 0.0656. The second kappa shape index (κ2) is 8.27. The molecule has 1 heterocycles. The minimum Gasteiger partial charge on any atom is -0.303 e. The van der Waals surface area contributed by atoms with Crippen LogP contribution in [0.1, 0.15) is 33.1 Å². The zero-order valence-electron chi connectivity index (χ0n) is 14.3. The molecule has 5 heteroatoms. The molecule has 1 atom stereocenters. The van der Waals surface area contributed by atoms with Gasteiger partial charge < -0.3 is 4.90 Å². The molecule has 1 unspecified atom stereocenters. The highest BCUT2D eigenvalue weighted by Crippen LogP contribution is 2.22. The Bertz CT molecular complexity index is 569. The van der Waals surface area contributed by atoms with Crippen LogP contribution in [0.25, 0.3) is 0 Å². The third-order valence-corrected chi connectivity index (χ3v) is 5.81. The molecule has 4 nitrogen and oxygen atoms in total. The van der Waals surface area contributed by atoms with Crippen molar-refractivity contribution >= 4 is 10.1 Å². The lowest BCUT2D eigenvalue weighted by Gasteiger charge is -2.31. The molecule has 1 saturated heterocycles. The van der Waals surface area contributed by atoms with Gasteiger partial charge in [0.25, 0.3) is 10.1 Å². The molecule has 0 amide bonds. The van der Waals surface area contributed by atoms with Gasteiger partial charge in [-0.3, -0.25) is 4.18 Å². The molecular formula is C18H29NO3S. The monoisotopic (exact) mass is 339 g/mol. The fourth-order valence-corrected chi connectivity index (χ4v) is 4.11. The highest BCUT2D eigenvalue weighted by atomic mass is 32.2. The highest BCUT2D eigenvalue weighted by Gasteiger charge is 2.22. The summed E-state index contributed by atoms with van der Waals surface area (Å²) in [6.45, 7) is 11.7. The van der Waals surface area contributed by atoms with E-state index >= 15 is 0 Å². The molecule has 2 rings (SSSR count). The van der Waals surface area contributed by atoms with Gasteiger partial charge in [0, 0.05) is 0 Å². The summed E-state index contributed by atoms with van der Waals surface area (Å²) in [5, 5.41) is 0. The summed E-state index contributed by atoms with van der Waals surface area (Å²) in [6, 6.07) is 0. The van der Waals surface area contributed by atoms with Gasteiger partial charge in [0.05, 0.1) is 6.61 Å². The van der Waals surface area contributed by atoms with Crippen LogP contribution in [-0.2, 0) is 14.3 Å². The standard InChI is InChI=1S/C18H29NO3S/c1-4-9-19-10-7-17(8-11-19)13-22-23(20,21)14-18-6-5-15(2)16(3)12-18/h5-6,12,15,17H,3-4,7-11,13-14H2,1-2H3. The van der Waals surface area contributed by atoms with E-state index in [9.17, 15) is 8.42 Å². The van der Waals surface area contributed by atoms with E-state index in [0.717, 1.165) is 43.6 Å². The Morgan fingerprint density at radius 3 is 2.65 bits per heavy atom. The Morgan fingerprint density at radius 1 is 1.35 bits per heavy atom. The fraction of sp³-hybridized carbons (Fsp3) is 0.667. The number of allylic oxidation sites excluding steroid dienone is 4. The van der Waals surface area contributed by atoms with Gasteiger partial charge in [0.15, 0.2) is 0 Å². The molecule has 23 heavy (non-hydrogen) atoms. The molecule has 130 valence electrons. The first-order valence-corrected chi connectivity index (χ1v) is 10.1. The zero-order valence-corrected chi connectivity index (χ0v) is 15.1. The average Bonchev–Trinajstić information content (AvgIpc) is 2.50. The van der Waals surface area contributed by atoms with Crippen molar-refractivity contribution in [2.75, 3.05) is 32.0 Å². The number of hydrogen-bond donors (Lipinski definition) is 0. The van der Waals surface area contributed by atoms with E-state index in [2.05, 4.69) is 18.4 Å². The summed E-state index contributed by atoms with van der Waals surface area (Å²) >= 11 is 0. The first-order valence-electron chi connectivity index (χ1n) is 8.56. The molecule has 0 N–H and O–H groups in total. The second-order valence-corrected chi connectivity index (χ2v) is 8.35. The number of rotatable bonds is 7. The van der Waals surface area contributed by atoms with Gasteiger partial charge in [-0.15, -0.1) is 0 Å². The maximum Gasteiger partial charge on any atom is 0.271 e. The fourth-order valence-electron chi connectivity index (χ4n) is 3.04. The molecule has 1 fully saturated rings. The molecule has 1 aliphatic carbocycles. The van der Waals surface area contributed by atoms with Crippen LogP contribution in [0.2, 0.25) is 0 Å². The minimum atomic E-state index is -3.52. The Labute approximate surface area is 141 Å². The average molecular weight is 340 g/mol. The van der Waals surface area contributed by atoms with Crippen LogP contribution < -0.4 is 0 Å². The summed E-state index contributed by atoms with van der Waals surface area (Å²) in [4.78, 5) is 2.44. The molecule has 2 aliphatic rings. The summed E-state index contributed by atoms with van der Waals surface area (Å²) in [6.07, 6.45) is 8.91. The second-order valence-electron chi connectivity index (χ2n) is 6.71. The van der Waals surface area contributed by atoms with Gasteiger partial charge in [0.1, 0.15) is 5.75 Å². The number of hydrogen-bond acceptors (Lipinski definition) is 4. The topological polar surface area (TPSA) is 46.6 Å². The highest BCUT2D eigenvalue weighted by molar-refractivity contribution is 7.86. The predicted molar refractivity (Wildman–Crippen MR) is 94.7 cm³/mol. The van der Waals surface area contributed by atoms with Crippen molar-refractivity contribution in [3.05, 3.63) is 36.0 Å². The molecule has 0 bridgehead atoms.